The van der Waals surface area contributed by atoms with Crippen LogP contribution in [0.25, 0.3) is 0 Å². The van der Waals surface area contributed by atoms with Crippen molar-refractivity contribution < 1.29 is 14.6 Å². The van der Waals surface area contributed by atoms with Crippen molar-refractivity contribution in [2.75, 3.05) is 13.2 Å². The zero-order chi connectivity index (χ0) is 11.5. The Bertz CT molecular complexity index is 448. The van der Waals surface area contributed by atoms with Gasteiger partial charge in [0.1, 0.15) is 0 Å². The fourth-order valence-electron chi connectivity index (χ4n) is 1.73. The number of aromatic nitrogens is 2. The van der Waals surface area contributed by atoms with Gasteiger partial charge in [-0.15, -0.1) is 0 Å². The highest BCUT2D eigenvalue weighted by Gasteiger charge is 2.19. The van der Waals surface area contributed by atoms with E-state index in [9.17, 15) is 9.59 Å². The lowest BCUT2D eigenvalue weighted by atomic mass is 10.1. The number of carboxylic acids is 1. The molecular weight excluding hydrogens is 212 g/mol. The Kier molecular flexibility index (Phi) is 3.00. The van der Waals surface area contributed by atoms with Crippen molar-refractivity contribution in [1.82, 2.24) is 9.78 Å². The third-order valence-electron chi connectivity index (χ3n) is 2.58. The predicted octanol–water partition coefficient (Wildman–Crippen LogP) is 0.293. The third kappa shape index (κ3) is 2.11. The van der Waals surface area contributed by atoms with Gasteiger partial charge in [0.25, 0.3) is 5.56 Å². The summed E-state index contributed by atoms with van der Waals surface area (Å²) in [5.41, 5.74) is -0.372. The molecule has 0 bridgehead atoms. The highest BCUT2D eigenvalue weighted by atomic mass is 16.5. The molecule has 1 aromatic rings. The summed E-state index contributed by atoms with van der Waals surface area (Å²) in [6, 6.07) is 2.41. The maximum atomic E-state index is 11.6. The van der Waals surface area contributed by atoms with Crippen molar-refractivity contribution in [2.45, 2.75) is 18.9 Å². The van der Waals surface area contributed by atoms with E-state index in [1.807, 2.05) is 0 Å². The molecule has 0 radical (unpaired) electrons. The van der Waals surface area contributed by atoms with Crippen molar-refractivity contribution in [3.63, 3.8) is 0 Å². The summed E-state index contributed by atoms with van der Waals surface area (Å²) in [5.74, 6) is -1.12. The van der Waals surface area contributed by atoms with Crippen LogP contribution < -0.4 is 5.56 Å². The third-order valence-corrected chi connectivity index (χ3v) is 2.58. The van der Waals surface area contributed by atoms with Crippen LogP contribution in [0.3, 0.4) is 0 Å². The molecule has 86 valence electrons. The van der Waals surface area contributed by atoms with Crippen LogP contribution in [0.1, 0.15) is 29.4 Å². The molecule has 2 heterocycles. The first kappa shape index (κ1) is 10.8. The summed E-state index contributed by atoms with van der Waals surface area (Å²) in [4.78, 5) is 22.3. The number of hydrogen-bond donors (Lipinski definition) is 1. The molecule has 0 aromatic carbocycles. The van der Waals surface area contributed by atoms with E-state index >= 15 is 0 Å². The molecule has 1 aliphatic rings. The largest absolute Gasteiger partial charge is 0.476 e. The Balaban J connectivity index is 2.34. The molecule has 6 heteroatoms. The fraction of sp³-hybridized carbons (Fsp3) is 0.500. The first-order valence-corrected chi connectivity index (χ1v) is 5.09. The lowest BCUT2D eigenvalue weighted by Gasteiger charge is -2.22. The Morgan fingerprint density at radius 3 is 2.75 bits per heavy atom. The second-order valence-electron chi connectivity index (χ2n) is 3.65. The molecule has 1 N–H and O–H groups in total. The molecule has 1 aromatic heterocycles. The SMILES string of the molecule is O=C(O)c1ccc(=O)n(C2CCOCC2)n1. The molecule has 1 saturated heterocycles. The topological polar surface area (TPSA) is 81.4 Å². The predicted molar refractivity (Wildman–Crippen MR) is 54.5 cm³/mol. The van der Waals surface area contributed by atoms with Gasteiger partial charge in [-0.25, -0.2) is 9.48 Å². The Morgan fingerprint density at radius 1 is 1.44 bits per heavy atom. The van der Waals surface area contributed by atoms with Crippen molar-refractivity contribution >= 4 is 5.97 Å². The molecule has 0 spiro atoms. The Morgan fingerprint density at radius 2 is 2.12 bits per heavy atom. The average molecular weight is 224 g/mol. The van der Waals surface area contributed by atoms with Crippen molar-refractivity contribution in [3.8, 4) is 0 Å². The van der Waals surface area contributed by atoms with E-state index in [4.69, 9.17) is 9.84 Å². The van der Waals surface area contributed by atoms with Crippen LogP contribution in [0.2, 0.25) is 0 Å². The van der Waals surface area contributed by atoms with Crippen LogP contribution in [0.15, 0.2) is 16.9 Å². The molecule has 2 rings (SSSR count). The van der Waals surface area contributed by atoms with Crippen molar-refractivity contribution in [3.05, 3.63) is 28.2 Å². The number of nitrogens with zero attached hydrogens (tertiary/aromatic N) is 2. The highest BCUT2D eigenvalue weighted by Crippen LogP contribution is 2.17. The van der Waals surface area contributed by atoms with E-state index in [1.165, 1.54) is 16.8 Å². The first-order valence-electron chi connectivity index (χ1n) is 5.09. The zero-order valence-electron chi connectivity index (χ0n) is 8.63. The summed E-state index contributed by atoms with van der Waals surface area (Å²) in [7, 11) is 0. The quantitative estimate of drug-likeness (QED) is 0.781. The molecule has 6 nitrogen and oxygen atoms in total. The second kappa shape index (κ2) is 4.44. The normalized spacial score (nSPS) is 17.2. The Hall–Kier alpha value is -1.69. The first-order chi connectivity index (χ1) is 7.68. The fourth-order valence-corrected chi connectivity index (χ4v) is 1.73. The van der Waals surface area contributed by atoms with E-state index < -0.39 is 5.97 Å². The minimum atomic E-state index is -1.12. The van der Waals surface area contributed by atoms with Crippen molar-refractivity contribution in [1.29, 1.82) is 0 Å². The van der Waals surface area contributed by atoms with Gasteiger partial charge in [-0.3, -0.25) is 4.79 Å². The molecule has 0 aliphatic carbocycles. The summed E-state index contributed by atoms with van der Waals surface area (Å²) < 4.78 is 6.44. The summed E-state index contributed by atoms with van der Waals surface area (Å²) in [5, 5.41) is 12.6. The van der Waals surface area contributed by atoms with Crippen LogP contribution in [0.4, 0.5) is 0 Å². The van der Waals surface area contributed by atoms with Crippen LogP contribution in [-0.2, 0) is 4.74 Å². The van der Waals surface area contributed by atoms with Crippen LogP contribution in [0, 0.1) is 0 Å². The summed E-state index contributed by atoms with van der Waals surface area (Å²) in [6.07, 6.45) is 1.38. The second-order valence-corrected chi connectivity index (χ2v) is 3.65. The van der Waals surface area contributed by atoms with Gasteiger partial charge >= 0.3 is 5.97 Å². The van der Waals surface area contributed by atoms with Gasteiger partial charge in [0.2, 0.25) is 0 Å². The van der Waals surface area contributed by atoms with Gasteiger partial charge in [0, 0.05) is 19.3 Å². The van der Waals surface area contributed by atoms with Gasteiger partial charge in [-0.1, -0.05) is 0 Å². The molecule has 0 atom stereocenters. The maximum absolute atomic E-state index is 11.6. The van der Waals surface area contributed by atoms with Gasteiger partial charge in [-0.2, -0.15) is 5.10 Å². The average Bonchev–Trinajstić information content (AvgIpc) is 2.30. The molecule has 0 amide bonds. The maximum Gasteiger partial charge on any atom is 0.356 e. The molecule has 0 saturated carbocycles. The number of ether oxygens (including phenoxy) is 1. The number of rotatable bonds is 2. The van der Waals surface area contributed by atoms with Crippen molar-refractivity contribution in [2.24, 2.45) is 0 Å². The highest BCUT2D eigenvalue weighted by molar-refractivity contribution is 5.84. The standard InChI is InChI=1S/C10H12N2O4/c13-9-2-1-8(10(14)15)11-12(9)7-3-5-16-6-4-7/h1-2,7H,3-6H2,(H,14,15). The molecule has 0 unspecified atom stereocenters. The van der Waals surface area contributed by atoms with E-state index in [-0.39, 0.29) is 17.3 Å². The smallest absolute Gasteiger partial charge is 0.356 e. The minimum Gasteiger partial charge on any atom is -0.476 e. The van der Waals surface area contributed by atoms with E-state index in [0.717, 1.165) is 0 Å². The summed E-state index contributed by atoms with van der Waals surface area (Å²) >= 11 is 0. The molecule has 1 aliphatic heterocycles. The molecule has 16 heavy (non-hydrogen) atoms. The van der Waals surface area contributed by atoms with E-state index in [1.54, 1.807) is 0 Å². The Labute approximate surface area is 91.5 Å². The van der Waals surface area contributed by atoms with E-state index in [2.05, 4.69) is 5.10 Å². The minimum absolute atomic E-state index is 0.0550. The molecule has 1 fully saturated rings. The van der Waals surface area contributed by atoms with Gasteiger partial charge in [0.15, 0.2) is 5.69 Å². The number of hydrogen-bond acceptors (Lipinski definition) is 4. The lowest BCUT2D eigenvalue weighted by Crippen LogP contribution is -2.31. The lowest BCUT2D eigenvalue weighted by molar-refractivity contribution is 0.0625. The molecular formula is C10H12N2O4. The van der Waals surface area contributed by atoms with Crippen LogP contribution >= 0.6 is 0 Å². The number of carboxylic acid groups (broad SMARTS) is 1. The number of aromatic carboxylic acids is 1. The van der Waals surface area contributed by atoms with Crippen LogP contribution in [0.5, 0.6) is 0 Å². The van der Waals surface area contributed by atoms with Gasteiger partial charge in [-0.05, 0) is 18.9 Å². The van der Waals surface area contributed by atoms with Crippen LogP contribution in [-0.4, -0.2) is 34.1 Å². The summed E-state index contributed by atoms with van der Waals surface area (Å²) in [6.45, 7) is 1.16. The van der Waals surface area contributed by atoms with Gasteiger partial charge in [0.05, 0.1) is 6.04 Å². The number of carbonyl (C=O) groups is 1. The monoisotopic (exact) mass is 224 g/mol. The van der Waals surface area contributed by atoms with E-state index in [0.29, 0.717) is 26.1 Å². The zero-order valence-corrected chi connectivity index (χ0v) is 8.63. The van der Waals surface area contributed by atoms with Gasteiger partial charge < -0.3 is 9.84 Å².